The van der Waals surface area contributed by atoms with Crippen molar-refractivity contribution in [3.63, 3.8) is 0 Å². The Kier molecular flexibility index (Phi) is 3.55. The average Bonchev–Trinajstić information content (AvgIpc) is 2.22. The van der Waals surface area contributed by atoms with Crippen LogP contribution < -0.4 is 4.90 Å². The Morgan fingerprint density at radius 1 is 1.50 bits per heavy atom. The molecule has 0 radical (unpaired) electrons. The molecule has 4 heteroatoms. The molecule has 0 amide bonds. The normalized spacial score (nSPS) is 21.3. The van der Waals surface area contributed by atoms with E-state index in [1.807, 2.05) is 18.2 Å². The lowest BCUT2D eigenvalue weighted by Crippen LogP contribution is -2.41. The smallest absolute Gasteiger partial charge is 0.136 e. The van der Waals surface area contributed by atoms with Crippen molar-refractivity contribution >= 4 is 39.0 Å². The van der Waals surface area contributed by atoms with Gasteiger partial charge in [-0.05, 0) is 25.1 Å². The zero-order chi connectivity index (χ0) is 11.7. The van der Waals surface area contributed by atoms with Crippen LogP contribution in [0.5, 0.6) is 0 Å². The van der Waals surface area contributed by atoms with Gasteiger partial charge in [0.15, 0.2) is 0 Å². The maximum atomic E-state index is 11.3. The molecule has 0 aromatic heterocycles. The predicted octanol–water partition coefficient (Wildman–Crippen LogP) is 3.66. The standard InChI is InChI=1S/C12H13BrClNO/c1-8-6-10(16)4-5-15(8)12-7-9(13)2-3-11(12)14/h2-3,7-8H,4-6H2,1H3. The van der Waals surface area contributed by atoms with Gasteiger partial charge >= 0.3 is 0 Å². The van der Waals surface area contributed by atoms with Crippen LogP contribution in [0.4, 0.5) is 5.69 Å². The monoisotopic (exact) mass is 301 g/mol. The van der Waals surface area contributed by atoms with Gasteiger partial charge in [0.1, 0.15) is 5.78 Å². The SMILES string of the molecule is CC1CC(=O)CCN1c1cc(Br)ccc1Cl. The molecule has 16 heavy (non-hydrogen) atoms. The quantitative estimate of drug-likeness (QED) is 0.789. The molecule has 1 unspecified atom stereocenters. The number of piperidine rings is 1. The van der Waals surface area contributed by atoms with Crippen LogP contribution >= 0.6 is 27.5 Å². The molecular weight excluding hydrogens is 289 g/mol. The Balaban J connectivity index is 2.29. The van der Waals surface area contributed by atoms with Gasteiger partial charge in [0.25, 0.3) is 0 Å². The Labute approximate surface area is 109 Å². The Morgan fingerprint density at radius 3 is 2.94 bits per heavy atom. The minimum atomic E-state index is 0.230. The number of carbonyl (C=O) groups is 1. The first kappa shape index (κ1) is 11.9. The van der Waals surface area contributed by atoms with Gasteiger partial charge in [0.05, 0.1) is 10.7 Å². The van der Waals surface area contributed by atoms with Gasteiger partial charge < -0.3 is 4.90 Å². The van der Waals surface area contributed by atoms with Gasteiger partial charge in [-0.2, -0.15) is 0 Å². The number of rotatable bonds is 1. The summed E-state index contributed by atoms with van der Waals surface area (Å²) in [6.07, 6.45) is 1.23. The van der Waals surface area contributed by atoms with Crippen molar-refractivity contribution in [2.75, 3.05) is 11.4 Å². The summed E-state index contributed by atoms with van der Waals surface area (Å²) < 4.78 is 1.01. The van der Waals surface area contributed by atoms with E-state index in [4.69, 9.17) is 11.6 Å². The molecule has 0 aliphatic carbocycles. The lowest BCUT2D eigenvalue weighted by molar-refractivity contribution is -0.120. The molecule has 2 rings (SSSR count). The third-order valence-electron chi connectivity index (χ3n) is 2.90. The van der Waals surface area contributed by atoms with E-state index in [1.165, 1.54) is 0 Å². The van der Waals surface area contributed by atoms with Gasteiger partial charge in [0, 0.05) is 29.9 Å². The maximum absolute atomic E-state index is 11.3. The van der Waals surface area contributed by atoms with Crippen LogP contribution in [0.1, 0.15) is 19.8 Å². The topological polar surface area (TPSA) is 20.3 Å². The molecule has 0 saturated carbocycles. The molecule has 2 nitrogen and oxygen atoms in total. The minimum absolute atomic E-state index is 0.230. The first-order valence-corrected chi connectivity index (χ1v) is 6.48. The molecule has 1 aliphatic heterocycles. The second-order valence-electron chi connectivity index (χ2n) is 4.13. The Morgan fingerprint density at radius 2 is 2.25 bits per heavy atom. The molecule has 1 aromatic rings. The molecule has 1 atom stereocenters. The summed E-state index contributed by atoms with van der Waals surface area (Å²) in [4.78, 5) is 13.5. The highest BCUT2D eigenvalue weighted by atomic mass is 79.9. The van der Waals surface area contributed by atoms with Crippen molar-refractivity contribution in [2.45, 2.75) is 25.8 Å². The molecule has 86 valence electrons. The number of anilines is 1. The van der Waals surface area contributed by atoms with Crippen molar-refractivity contribution < 1.29 is 4.79 Å². The minimum Gasteiger partial charge on any atom is -0.367 e. The predicted molar refractivity (Wildman–Crippen MR) is 70.2 cm³/mol. The van der Waals surface area contributed by atoms with Crippen LogP contribution in [0, 0.1) is 0 Å². The van der Waals surface area contributed by atoms with E-state index in [-0.39, 0.29) is 6.04 Å². The van der Waals surface area contributed by atoms with E-state index in [0.29, 0.717) is 18.6 Å². The molecule has 0 bridgehead atoms. The lowest BCUT2D eigenvalue weighted by Gasteiger charge is -2.35. The zero-order valence-electron chi connectivity index (χ0n) is 9.04. The summed E-state index contributed by atoms with van der Waals surface area (Å²) in [6, 6.07) is 6.04. The highest BCUT2D eigenvalue weighted by molar-refractivity contribution is 9.10. The molecule has 1 saturated heterocycles. The van der Waals surface area contributed by atoms with Crippen molar-refractivity contribution in [3.8, 4) is 0 Å². The number of benzene rings is 1. The Hall–Kier alpha value is -0.540. The van der Waals surface area contributed by atoms with E-state index in [2.05, 4.69) is 27.8 Å². The van der Waals surface area contributed by atoms with Crippen LogP contribution in [0.25, 0.3) is 0 Å². The third kappa shape index (κ3) is 2.41. The van der Waals surface area contributed by atoms with Crippen LogP contribution in [-0.4, -0.2) is 18.4 Å². The van der Waals surface area contributed by atoms with Gasteiger partial charge in [0.2, 0.25) is 0 Å². The molecule has 1 aromatic carbocycles. The highest BCUT2D eigenvalue weighted by Gasteiger charge is 2.24. The van der Waals surface area contributed by atoms with Crippen LogP contribution in [0.15, 0.2) is 22.7 Å². The third-order valence-corrected chi connectivity index (χ3v) is 3.72. The molecule has 1 aliphatic rings. The van der Waals surface area contributed by atoms with Crippen molar-refractivity contribution in [2.24, 2.45) is 0 Å². The first-order valence-electron chi connectivity index (χ1n) is 5.31. The number of nitrogens with zero attached hydrogens (tertiary/aromatic N) is 1. The molecule has 0 N–H and O–H groups in total. The number of carbonyl (C=O) groups excluding carboxylic acids is 1. The van der Waals surface area contributed by atoms with Crippen LogP contribution in [-0.2, 0) is 4.79 Å². The highest BCUT2D eigenvalue weighted by Crippen LogP contribution is 2.32. The fourth-order valence-corrected chi connectivity index (χ4v) is 2.65. The van der Waals surface area contributed by atoms with Crippen molar-refractivity contribution in [1.29, 1.82) is 0 Å². The number of halogens is 2. The van der Waals surface area contributed by atoms with E-state index < -0.39 is 0 Å². The summed E-state index contributed by atoms with van der Waals surface area (Å²) in [6.45, 7) is 2.82. The number of ketones is 1. The van der Waals surface area contributed by atoms with Crippen LogP contribution in [0.2, 0.25) is 5.02 Å². The number of Topliss-reactive ketones (excluding diaryl/α,β-unsaturated/α-hetero) is 1. The summed E-state index contributed by atoms with van der Waals surface area (Å²) in [7, 11) is 0. The lowest BCUT2D eigenvalue weighted by atomic mass is 10.0. The van der Waals surface area contributed by atoms with E-state index in [9.17, 15) is 4.79 Å². The average molecular weight is 303 g/mol. The maximum Gasteiger partial charge on any atom is 0.136 e. The molecular formula is C12H13BrClNO. The van der Waals surface area contributed by atoms with Gasteiger partial charge in [-0.15, -0.1) is 0 Å². The van der Waals surface area contributed by atoms with Crippen LogP contribution in [0.3, 0.4) is 0 Å². The molecule has 1 heterocycles. The summed E-state index contributed by atoms with van der Waals surface area (Å²) in [5, 5.41) is 0.740. The fourth-order valence-electron chi connectivity index (χ4n) is 2.07. The fraction of sp³-hybridized carbons (Fsp3) is 0.417. The number of hydrogen-bond donors (Lipinski definition) is 0. The van der Waals surface area contributed by atoms with Crippen molar-refractivity contribution in [3.05, 3.63) is 27.7 Å². The van der Waals surface area contributed by atoms with Gasteiger partial charge in [-0.1, -0.05) is 27.5 Å². The van der Waals surface area contributed by atoms with E-state index in [0.717, 1.165) is 21.7 Å². The second kappa shape index (κ2) is 4.76. The zero-order valence-corrected chi connectivity index (χ0v) is 11.4. The first-order chi connectivity index (χ1) is 7.58. The van der Waals surface area contributed by atoms with E-state index in [1.54, 1.807) is 0 Å². The summed E-state index contributed by atoms with van der Waals surface area (Å²) >= 11 is 9.63. The Bertz CT molecular complexity index is 421. The largest absolute Gasteiger partial charge is 0.367 e. The number of hydrogen-bond acceptors (Lipinski definition) is 2. The van der Waals surface area contributed by atoms with Crippen molar-refractivity contribution in [1.82, 2.24) is 0 Å². The summed E-state index contributed by atoms with van der Waals surface area (Å²) in [5.74, 6) is 0.342. The molecule has 0 spiro atoms. The van der Waals surface area contributed by atoms with Gasteiger partial charge in [-0.3, -0.25) is 4.79 Å². The summed E-state index contributed by atoms with van der Waals surface area (Å²) in [5.41, 5.74) is 1.01. The van der Waals surface area contributed by atoms with Gasteiger partial charge in [-0.25, -0.2) is 0 Å². The second-order valence-corrected chi connectivity index (χ2v) is 5.45. The molecule has 1 fully saturated rings. The van der Waals surface area contributed by atoms with E-state index >= 15 is 0 Å².